The summed E-state index contributed by atoms with van der Waals surface area (Å²) >= 11 is 3.46. The molecule has 1 aliphatic rings. The van der Waals surface area contributed by atoms with Crippen LogP contribution in [0.25, 0.3) is 0 Å². The highest BCUT2D eigenvalue weighted by atomic mass is 79.9. The van der Waals surface area contributed by atoms with E-state index in [-0.39, 0.29) is 0 Å². The minimum atomic E-state index is -0.451. The Kier molecular flexibility index (Phi) is 5.76. The van der Waals surface area contributed by atoms with Crippen LogP contribution in [0, 0.1) is 0 Å². The molecule has 114 valence electrons. The highest BCUT2D eigenvalue weighted by Gasteiger charge is 2.25. The molecule has 0 aromatic heterocycles. The number of hydrogen-bond acceptors (Lipinski definition) is 3. The second-order valence-electron chi connectivity index (χ2n) is 5.15. The normalized spacial score (nSPS) is 15.4. The molecule has 1 fully saturated rings. The number of likely N-dealkylation sites (N-methyl/N-ethyl adjacent to an activating group) is 1. The zero-order valence-electron chi connectivity index (χ0n) is 12.1. The minimum absolute atomic E-state index is 0.409. The zero-order valence-corrected chi connectivity index (χ0v) is 13.7. The summed E-state index contributed by atoms with van der Waals surface area (Å²) in [6.07, 6.45) is 0.882. The number of rotatable bonds is 2. The molecule has 1 N–H and O–H groups in total. The summed E-state index contributed by atoms with van der Waals surface area (Å²) in [6.45, 7) is 3.28. The van der Waals surface area contributed by atoms with Crippen molar-refractivity contribution in [3.8, 4) is 0 Å². The monoisotopic (exact) mass is 353 g/mol. The van der Waals surface area contributed by atoms with Crippen molar-refractivity contribution >= 4 is 27.7 Å². The molecule has 0 saturated carbocycles. The van der Waals surface area contributed by atoms with Crippen LogP contribution in [0.1, 0.15) is 12.0 Å². The van der Waals surface area contributed by atoms with Crippen molar-refractivity contribution in [1.29, 1.82) is 0 Å². The number of benzene rings is 1. The van der Waals surface area contributed by atoms with Gasteiger partial charge in [-0.15, -0.1) is 0 Å². The largest absolute Gasteiger partial charge is 0.333 e. The van der Waals surface area contributed by atoms with Gasteiger partial charge in [0.25, 0.3) is 0 Å². The minimum Gasteiger partial charge on any atom is -0.333 e. The van der Waals surface area contributed by atoms with Crippen molar-refractivity contribution in [2.75, 3.05) is 33.2 Å². The first kappa shape index (κ1) is 16.0. The van der Waals surface area contributed by atoms with Crippen LogP contribution in [0.15, 0.2) is 28.7 Å². The van der Waals surface area contributed by atoms with Crippen LogP contribution in [0.4, 0.5) is 0 Å². The van der Waals surface area contributed by atoms with Crippen molar-refractivity contribution in [2.24, 2.45) is 0 Å². The van der Waals surface area contributed by atoms with Crippen LogP contribution in [0.2, 0.25) is 0 Å². The van der Waals surface area contributed by atoms with Gasteiger partial charge in [0.2, 0.25) is 0 Å². The summed E-state index contributed by atoms with van der Waals surface area (Å²) in [6, 6.07) is 7.70. The number of nitrogens with zero attached hydrogens (tertiary/aromatic N) is 2. The van der Waals surface area contributed by atoms with E-state index in [9.17, 15) is 9.59 Å². The Labute approximate surface area is 133 Å². The molecule has 0 bridgehead atoms. The lowest BCUT2D eigenvalue weighted by Gasteiger charge is -2.23. The van der Waals surface area contributed by atoms with E-state index in [2.05, 4.69) is 21.2 Å². The first-order chi connectivity index (χ1) is 10.1. The molecular formula is C15H20BrN3O2. The highest BCUT2D eigenvalue weighted by Crippen LogP contribution is 2.17. The molecule has 1 aromatic rings. The van der Waals surface area contributed by atoms with Gasteiger partial charge in [0, 0.05) is 37.7 Å². The van der Waals surface area contributed by atoms with Gasteiger partial charge in [0.15, 0.2) is 0 Å². The van der Waals surface area contributed by atoms with E-state index < -0.39 is 11.8 Å². The van der Waals surface area contributed by atoms with Gasteiger partial charge in [-0.05, 0) is 24.6 Å². The Morgan fingerprint density at radius 1 is 1.29 bits per heavy atom. The molecule has 2 rings (SSSR count). The summed E-state index contributed by atoms with van der Waals surface area (Å²) in [7, 11) is 1.66. The highest BCUT2D eigenvalue weighted by molar-refractivity contribution is 9.10. The molecule has 1 aromatic carbocycles. The zero-order chi connectivity index (χ0) is 15.2. The summed E-state index contributed by atoms with van der Waals surface area (Å²) in [4.78, 5) is 27.6. The number of hydrogen-bond donors (Lipinski definition) is 1. The summed E-state index contributed by atoms with van der Waals surface area (Å²) < 4.78 is 0.941. The van der Waals surface area contributed by atoms with Crippen molar-refractivity contribution in [2.45, 2.75) is 13.0 Å². The predicted molar refractivity (Wildman–Crippen MR) is 84.7 cm³/mol. The van der Waals surface area contributed by atoms with E-state index in [0.29, 0.717) is 19.6 Å². The van der Waals surface area contributed by atoms with Crippen LogP contribution >= 0.6 is 15.9 Å². The van der Waals surface area contributed by atoms with Crippen LogP contribution in [0.3, 0.4) is 0 Å². The molecule has 0 aliphatic carbocycles. The SMILES string of the molecule is CN(Cc1ccccc1Br)C(=O)C(=O)N1CCCNCC1. The molecule has 0 spiro atoms. The Bertz CT molecular complexity index is 513. The first-order valence-corrected chi connectivity index (χ1v) is 7.87. The first-order valence-electron chi connectivity index (χ1n) is 7.08. The van der Waals surface area contributed by atoms with Crippen LogP contribution in [0.5, 0.6) is 0 Å². The Hall–Kier alpha value is -1.40. The van der Waals surface area contributed by atoms with E-state index in [4.69, 9.17) is 0 Å². The molecule has 0 atom stereocenters. The maximum Gasteiger partial charge on any atom is 0.312 e. The van der Waals surface area contributed by atoms with Crippen LogP contribution < -0.4 is 5.32 Å². The Balaban J connectivity index is 1.98. The summed E-state index contributed by atoms with van der Waals surface area (Å²) in [5.41, 5.74) is 0.985. The smallest absolute Gasteiger partial charge is 0.312 e. The van der Waals surface area contributed by atoms with Crippen LogP contribution in [-0.4, -0.2) is 54.8 Å². The molecule has 6 heteroatoms. The van der Waals surface area contributed by atoms with Crippen molar-refractivity contribution < 1.29 is 9.59 Å². The maximum atomic E-state index is 12.3. The average molecular weight is 354 g/mol. The van der Waals surface area contributed by atoms with Crippen molar-refractivity contribution in [3.63, 3.8) is 0 Å². The lowest BCUT2D eigenvalue weighted by atomic mass is 10.2. The summed E-state index contributed by atoms with van der Waals surface area (Å²) in [5, 5.41) is 3.22. The molecule has 1 heterocycles. The third-order valence-corrected chi connectivity index (χ3v) is 4.30. The summed E-state index contributed by atoms with van der Waals surface area (Å²) in [5.74, 6) is -0.860. The lowest BCUT2D eigenvalue weighted by molar-refractivity contribution is -0.151. The third-order valence-electron chi connectivity index (χ3n) is 3.52. The van der Waals surface area contributed by atoms with E-state index in [1.807, 2.05) is 24.3 Å². The second kappa shape index (κ2) is 7.56. The van der Waals surface area contributed by atoms with E-state index in [0.717, 1.165) is 29.5 Å². The van der Waals surface area contributed by atoms with Crippen LogP contribution in [-0.2, 0) is 16.1 Å². The van der Waals surface area contributed by atoms with Gasteiger partial charge in [0.05, 0.1) is 0 Å². The standard InChI is InChI=1S/C15H20BrN3O2/c1-18(11-12-5-2-3-6-13(12)16)14(20)15(21)19-9-4-7-17-8-10-19/h2-3,5-6,17H,4,7-11H2,1H3. The van der Waals surface area contributed by atoms with Gasteiger partial charge in [0.1, 0.15) is 0 Å². The fourth-order valence-electron chi connectivity index (χ4n) is 2.30. The molecule has 5 nitrogen and oxygen atoms in total. The van der Waals surface area contributed by atoms with Crippen molar-refractivity contribution in [1.82, 2.24) is 15.1 Å². The molecule has 1 saturated heterocycles. The fourth-order valence-corrected chi connectivity index (χ4v) is 2.71. The van der Waals surface area contributed by atoms with E-state index in [1.165, 1.54) is 4.90 Å². The predicted octanol–water partition coefficient (Wildman–Crippen LogP) is 1.23. The maximum absolute atomic E-state index is 12.3. The van der Waals surface area contributed by atoms with Gasteiger partial charge in [-0.25, -0.2) is 0 Å². The van der Waals surface area contributed by atoms with Crippen molar-refractivity contribution in [3.05, 3.63) is 34.3 Å². The van der Waals surface area contributed by atoms with Gasteiger partial charge >= 0.3 is 11.8 Å². The lowest BCUT2D eigenvalue weighted by Crippen LogP contribution is -2.44. The third kappa shape index (κ3) is 4.28. The number of carbonyl (C=O) groups excluding carboxylic acids is 2. The molecule has 2 amide bonds. The van der Waals surface area contributed by atoms with E-state index in [1.54, 1.807) is 11.9 Å². The Morgan fingerprint density at radius 3 is 2.81 bits per heavy atom. The molecule has 0 radical (unpaired) electrons. The molecule has 1 aliphatic heterocycles. The topological polar surface area (TPSA) is 52.7 Å². The number of halogens is 1. The van der Waals surface area contributed by atoms with Gasteiger partial charge < -0.3 is 15.1 Å². The average Bonchev–Trinajstić information content (AvgIpc) is 2.77. The molecular weight excluding hydrogens is 334 g/mol. The number of amides is 2. The Morgan fingerprint density at radius 2 is 2.05 bits per heavy atom. The fraction of sp³-hybridized carbons (Fsp3) is 0.467. The van der Waals surface area contributed by atoms with E-state index >= 15 is 0 Å². The van der Waals surface area contributed by atoms with Gasteiger partial charge in [-0.2, -0.15) is 0 Å². The van der Waals surface area contributed by atoms with Gasteiger partial charge in [-0.1, -0.05) is 34.1 Å². The number of nitrogens with one attached hydrogen (secondary N) is 1. The second-order valence-corrected chi connectivity index (χ2v) is 6.00. The molecule has 21 heavy (non-hydrogen) atoms. The number of carbonyl (C=O) groups is 2. The quantitative estimate of drug-likeness (QED) is 0.813. The molecule has 0 unspecified atom stereocenters. The van der Waals surface area contributed by atoms with Gasteiger partial charge in [-0.3, -0.25) is 9.59 Å².